The molecule has 6 heteroatoms. The molecule has 0 aliphatic heterocycles. The standard InChI is InChI=1S/C13H22N4O2/c1-3-15-13(19)12-8-11(4-5-17-12)16-7-6-14-9-10(2)18/h4-5,8,10,14,18H,3,6-7,9H2,1-2H3,(H,15,19)(H,16,17). The third-order valence-electron chi connectivity index (χ3n) is 2.40. The Bertz CT molecular complexity index is 396. The van der Waals surface area contributed by atoms with Gasteiger partial charge in [-0.3, -0.25) is 9.78 Å². The predicted molar refractivity (Wildman–Crippen MR) is 75.3 cm³/mol. The van der Waals surface area contributed by atoms with Crippen molar-refractivity contribution in [1.29, 1.82) is 0 Å². The van der Waals surface area contributed by atoms with Gasteiger partial charge in [-0.2, -0.15) is 0 Å². The van der Waals surface area contributed by atoms with E-state index in [0.717, 1.165) is 12.2 Å². The van der Waals surface area contributed by atoms with E-state index >= 15 is 0 Å². The summed E-state index contributed by atoms with van der Waals surface area (Å²) in [6.45, 7) is 6.22. The summed E-state index contributed by atoms with van der Waals surface area (Å²) in [5.74, 6) is -0.168. The van der Waals surface area contributed by atoms with E-state index in [-0.39, 0.29) is 12.0 Å². The molecule has 4 N–H and O–H groups in total. The van der Waals surface area contributed by atoms with Crippen molar-refractivity contribution < 1.29 is 9.90 Å². The van der Waals surface area contributed by atoms with E-state index in [1.54, 1.807) is 19.2 Å². The van der Waals surface area contributed by atoms with Crippen molar-refractivity contribution in [3.63, 3.8) is 0 Å². The molecule has 1 aromatic heterocycles. The number of anilines is 1. The van der Waals surface area contributed by atoms with E-state index in [4.69, 9.17) is 5.11 Å². The summed E-state index contributed by atoms with van der Waals surface area (Å²) in [5, 5.41) is 18.1. The molecule has 0 aliphatic carbocycles. The Morgan fingerprint density at radius 1 is 1.47 bits per heavy atom. The fraction of sp³-hybridized carbons (Fsp3) is 0.538. The van der Waals surface area contributed by atoms with Gasteiger partial charge in [0.25, 0.3) is 5.91 Å². The summed E-state index contributed by atoms with van der Waals surface area (Å²) < 4.78 is 0. The van der Waals surface area contributed by atoms with Crippen LogP contribution in [0.25, 0.3) is 0 Å². The van der Waals surface area contributed by atoms with E-state index in [2.05, 4.69) is 20.9 Å². The van der Waals surface area contributed by atoms with Gasteiger partial charge in [-0.25, -0.2) is 0 Å². The lowest BCUT2D eigenvalue weighted by Gasteiger charge is -2.09. The van der Waals surface area contributed by atoms with E-state index in [1.807, 2.05) is 13.0 Å². The van der Waals surface area contributed by atoms with Crippen molar-refractivity contribution in [1.82, 2.24) is 15.6 Å². The van der Waals surface area contributed by atoms with Crippen molar-refractivity contribution >= 4 is 11.6 Å². The average molecular weight is 266 g/mol. The Morgan fingerprint density at radius 3 is 2.95 bits per heavy atom. The predicted octanol–water partition coefficient (Wildman–Crippen LogP) is 0.214. The van der Waals surface area contributed by atoms with Gasteiger partial charge < -0.3 is 21.1 Å². The molecule has 1 heterocycles. The van der Waals surface area contributed by atoms with E-state index in [1.165, 1.54) is 0 Å². The number of hydrogen-bond donors (Lipinski definition) is 4. The molecule has 0 aromatic carbocycles. The molecule has 0 fully saturated rings. The monoisotopic (exact) mass is 266 g/mol. The first kappa shape index (κ1) is 15.4. The SMILES string of the molecule is CCNC(=O)c1cc(NCCNCC(C)O)ccn1. The molecular weight excluding hydrogens is 244 g/mol. The molecule has 0 aliphatic rings. The maximum absolute atomic E-state index is 11.6. The third-order valence-corrected chi connectivity index (χ3v) is 2.40. The van der Waals surface area contributed by atoms with Gasteiger partial charge in [0, 0.05) is 38.1 Å². The van der Waals surface area contributed by atoms with Crippen LogP contribution in [0.5, 0.6) is 0 Å². The number of nitrogens with one attached hydrogen (secondary N) is 3. The molecule has 0 saturated carbocycles. The van der Waals surface area contributed by atoms with Crippen molar-refractivity contribution in [2.75, 3.05) is 31.5 Å². The third kappa shape index (κ3) is 6.17. The van der Waals surface area contributed by atoms with E-state index in [0.29, 0.717) is 25.3 Å². The second kappa shape index (κ2) is 8.44. The smallest absolute Gasteiger partial charge is 0.269 e. The second-order valence-electron chi connectivity index (χ2n) is 4.27. The number of rotatable bonds is 8. The maximum atomic E-state index is 11.6. The normalized spacial score (nSPS) is 11.9. The number of aromatic nitrogens is 1. The minimum Gasteiger partial charge on any atom is -0.392 e. The Morgan fingerprint density at radius 2 is 2.26 bits per heavy atom. The van der Waals surface area contributed by atoms with Gasteiger partial charge in [-0.15, -0.1) is 0 Å². The van der Waals surface area contributed by atoms with Gasteiger partial charge in [0.05, 0.1) is 6.10 Å². The highest BCUT2D eigenvalue weighted by atomic mass is 16.3. The summed E-state index contributed by atoms with van der Waals surface area (Å²) in [4.78, 5) is 15.6. The molecule has 106 valence electrons. The Labute approximate surface area is 113 Å². The minimum absolute atomic E-state index is 0.168. The number of aliphatic hydroxyl groups is 1. The number of pyridine rings is 1. The van der Waals surface area contributed by atoms with Gasteiger partial charge in [0.1, 0.15) is 5.69 Å². The number of carbonyl (C=O) groups is 1. The molecule has 1 aromatic rings. The number of amides is 1. The highest BCUT2D eigenvalue weighted by Crippen LogP contribution is 2.07. The number of aliphatic hydroxyl groups excluding tert-OH is 1. The zero-order valence-corrected chi connectivity index (χ0v) is 11.4. The summed E-state index contributed by atoms with van der Waals surface area (Å²) >= 11 is 0. The Balaban J connectivity index is 2.38. The molecule has 1 amide bonds. The largest absolute Gasteiger partial charge is 0.392 e. The molecule has 0 spiro atoms. The fourth-order valence-electron chi connectivity index (χ4n) is 1.52. The molecule has 0 bridgehead atoms. The number of hydrogen-bond acceptors (Lipinski definition) is 5. The molecule has 6 nitrogen and oxygen atoms in total. The van der Waals surface area contributed by atoms with Crippen molar-refractivity contribution in [3.05, 3.63) is 24.0 Å². The van der Waals surface area contributed by atoms with Crippen molar-refractivity contribution in [2.45, 2.75) is 20.0 Å². The molecule has 1 unspecified atom stereocenters. The first-order valence-corrected chi connectivity index (χ1v) is 6.50. The van der Waals surface area contributed by atoms with Crippen LogP contribution in [-0.2, 0) is 0 Å². The van der Waals surface area contributed by atoms with E-state index < -0.39 is 0 Å². The molecule has 1 rings (SSSR count). The molecular formula is C13H22N4O2. The van der Waals surface area contributed by atoms with Crippen LogP contribution in [0, 0.1) is 0 Å². The van der Waals surface area contributed by atoms with Gasteiger partial charge in [-0.1, -0.05) is 0 Å². The molecule has 0 radical (unpaired) electrons. The first-order valence-electron chi connectivity index (χ1n) is 6.50. The fourth-order valence-corrected chi connectivity index (χ4v) is 1.52. The molecule has 0 saturated heterocycles. The summed E-state index contributed by atoms with van der Waals surface area (Å²) in [5.41, 5.74) is 1.26. The highest BCUT2D eigenvalue weighted by Gasteiger charge is 2.05. The van der Waals surface area contributed by atoms with Gasteiger partial charge in [-0.05, 0) is 26.0 Å². The van der Waals surface area contributed by atoms with Crippen LogP contribution in [-0.4, -0.2) is 48.3 Å². The molecule has 1 atom stereocenters. The van der Waals surface area contributed by atoms with Crippen molar-refractivity contribution in [3.8, 4) is 0 Å². The molecule has 19 heavy (non-hydrogen) atoms. The van der Waals surface area contributed by atoms with Crippen LogP contribution in [0.4, 0.5) is 5.69 Å². The van der Waals surface area contributed by atoms with E-state index in [9.17, 15) is 4.79 Å². The maximum Gasteiger partial charge on any atom is 0.269 e. The van der Waals surface area contributed by atoms with Gasteiger partial charge in [0.15, 0.2) is 0 Å². The van der Waals surface area contributed by atoms with Crippen LogP contribution >= 0.6 is 0 Å². The van der Waals surface area contributed by atoms with Crippen LogP contribution in [0.2, 0.25) is 0 Å². The van der Waals surface area contributed by atoms with Gasteiger partial charge in [0.2, 0.25) is 0 Å². The minimum atomic E-state index is -0.342. The Hall–Kier alpha value is -1.66. The van der Waals surface area contributed by atoms with Crippen molar-refractivity contribution in [2.24, 2.45) is 0 Å². The topological polar surface area (TPSA) is 86.3 Å². The summed E-state index contributed by atoms with van der Waals surface area (Å²) in [7, 11) is 0. The quantitative estimate of drug-likeness (QED) is 0.506. The Kier molecular flexibility index (Phi) is 6.84. The zero-order chi connectivity index (χ0) is 14.1. The lowest BCUT2D eigenvalue weighted by Crippen LogP contribution is -2.29. The lowest BCUT2D eigenvalue weighted by atomic mass is 10.3. The zero-order valence-electron chi connectivity index (χ0n) is 11.4. The first-order chi connectivity index (χ1) is 9.13. The van der Waals surface area contributed by atoms with Crippen LogP contribution in [0.3, 0.4) is 0 Å². The lowest BCUT2D eigenvalue weighted by molar-refractivity contribution is 0.0951. The van der Waals surface area contributed by atoms with Crippen LogP contribution < -0.4 is 16.0 Å². The summed E-state index contributed by atoms with van der Waals surface area (Å²) in [6.07, 6.45) is 1.26. The summed E-state index contributed by atoms with van der Waals surface area (Å²) in [6, 6.07) is 3.54. The highest BCUT2D eigenvalue weighted by molar-refractivity contribution is 5.93. The number of nitrogens with zero attached hydrogens (tertiary/aromatic N) is 1. The van der Waals surface area contributed by atoms with Crippen LogP contribution in [0.1, 0.15) is 24.3 Å². The second-order valence-corrected chi connectivity index (χ2v) is 4.27. The van der Waals surface area contributed by atoms with Crippen LogP contribution in [0.15, 0.2) is 18.3 Å². The number of carbonyl (C=O) groups excluding carboxylic acids is 1. The average Bonchev–Trinajstić information content (AvgIpc) is 2.38. The van der Waals surface area contributed by atoms with Gasteiger partial charge >= 0.3 is 0 Å².